The molecule has 0 aromatic carbocycles. The summed E-state index contributed by atoms with van der Waals surface area (Å²) < 4.78 is 0. The molecule has 82 valence electrons. The van der Waals surface area contributed by atoms with Crippen LogP contribution in [0.1, 0.15) is 46.0 Å². The zero-order chi connectivity index (χ0) is 10.6. The number of nitrogens with one attached hydrogen (secondary N) is 1. The smallest absolute Gasteiger partial charge is 0.226 e. The predicted octanol–water partition coefficient (Wildman–Crippen LogP) is 1.45. The second-order valence-electron chi connectivity index (χ2n) is 4.68. The molecular weight excluding hydrogens is 178 g/mol. The van der Waals surface area contributed by atoms with Gasteiger partial charge >= 0.3 is 0 Å². The van der Waals surface area contributed by atoms with E-state index >= 15 is 0 Å². The Kier molecular flexibility index (Phi) is 3.93. The van der Waals surface area contributed by atoms with Gasteiger partial charge in [0.25, 0.3) is 0 Å². The monoisotopic (exact) mass is 199 g/mol. The first kappa shape index (κ1) is 11.5. The zero-order valence-electron chi connectivity index (χ0n) is 9.18. The fourth-order valence-corrected chi connectivity index (χ4v) is 2.01. The summed E-state index contributed by atoms with van der Waals surface area (Å²) in [6.07, 6.45) is 5.07. The molecule has 1 atom stereocenters. The van der Waals surface area contributed by atoms with Crippen molar-refractivity contribution in [1.82, 2.24) is 5.32 Å². The lowest BCUT2D eigenvalue weighted by Crippen LogP contribution is -2.42. The van der Waals surface area contributed by atoms with Crippen molar-refractivity contribution >= 4 is 5.91 Å². The highest BCUT2D eigenvalue weighted by Gasteiger charge is 2.34. The number of amides is 1. The van der Waals surface area contributed by atoms with E-state index in [9.17, 15) is 4.79 Å². The number of carbonyl (C=O) groups excluding carboxylic acids is 1. The normalized spacial score (nSPS) is 22.8. The van der Waals surface area contributed by atoms with Crippen molar-refractivity contribution in [2.45, 2.75) is 52.1 Å². The van der Waals surface area contributed by atoms with Crippen LogP contribution < -0.4 is 5.32 Å². The average Bonchev–Trinajstić information content (AvgIpc) is 2.15. The molecule has 1 aliphatic carbocycles. The average molecular weight is 199 g/mol. The van der Waals surface area contributed by atoms with Crippen LogP contribution in [-0.4, -0.2) is 23.7 Å². The molecule has 0 aliphatic heterocycles. The van der Waals surface area contributed by atoms with Gasteiger partial charge in [-0.25, -0.2) is 0 Å². The third kappa shape index (κ3) is 2.98. The molecule has 3 nitrogen and oxygen atoms in total. The highest BCUT2D eigenvalue weighted by molar-refractivity contribution is 5.82. The topological polar surface area (TPSA) is 49.3 Å². The molecule has 0 spiro atoms. The Hall–Kier alpha value is -0.570. The Labute approximate surface area is 85.9 Å². The van der Waals surface area contributed by atoms with Gasteiger partial charge in [-0.2, -0.15) is 0 Å². The SMILES string of the molecule is C[C@@H](O)CNC(=O)C1(C)CCCCC1. The van der Waals surface area contributed by atoms with Gasteiger partial charge in [-0.1, -0.05) is 26.2 Å². The van der Waals surface area contributed by atoms with Gasteiger partial charge < -0.3 is 10.4 Å². The Morgan fingerprint density at radius 1 is 1.43 bits per heavy atom. The standard InChI is InChI=1S/C11H21NO2/c1-9(13)8-12-10(14)11(2)6-4-3-5-7-11/h9,13H,3-8H2,1-2H3,(H,12,14)/t9-/m1/s1. The number of aliphatic hydroxyl groups is 1. The Morgan fingerprint density at radius 2 is 2.00 bits per heavy atom. The molecule has 1 fully saturated rings. The van der Waals surface area contributed by atoms with Gasteiger partial charge in [-0.05, 0) is 19.8 Å². The molecule has 0 saturated heterocycles. The molecule has 1 rings (SSSR count). The van der Waals surface area contributed by atoms with Crippen LogP contribution in [0, 0.1) is 5.41 Å². The van der Waals surface area contributed by atoms with Crippen molar-refractivity contribution in [1.29, 1.82) is 0 Å². The molecule has 0 bridgehead atoms. The van der Waals surface area contributed by atoms with Gasteiger partial charge in [-0.15, -0.1) is 0 Å². The molecule has 1 amide bonds. The number of rotatable bonds is 3. The first-order valence-electron chi connectivity index (χ1n) is 5.51. The largest absolute Gasteiger partial charge is 0.392 e. The highest BCUT2D eigenvalue weighted by Crippen LogP contribution is 2.35. The van der Waals surface area contributed by atoms with Gasteiger partial charge in [-0.3, -0.25) is 4.79 Å². The summed E-state index contributed by atoms with van der Waals surface area (Å²) in [7, 11) is 0. The van der Waals surface area contributed by atoms with Crippen LogP contribution in [0.2, 0.25) is 0 Å². The highest BCUT2D eigenvalue weighted by atomic mass is 16.3. The first-order valence-corrected chi connectivity index (χ1v) is 5.51. The number of aliphatic hydroxyl groups excluding tert-OH is 1. The van der Waals surface area contributed by atoms with E-state index in [0.717, 1.165) is 25.7 Å². The van der Waals surface area contributed by atoms with Gasteiger partial charge in [0.15, 0.2) is 0 Å². The molecule has 0 radical (unpaired) electrons. The Bertz CT molecular complexity index is 195. The van der Waals surface area contributed by atoms with Gasteiger partial charge in [0.1, 0.15) is 0 Å². The second kappa shape index (κ2) is 4.78. The predicted molar refractivity (Wildman–Crippen MR) is 55.9 cm³/mol. The van der Waals surface area contributed by atoms with E-state index in [1.165, 1.54) is 6.42 Å². The van der Waals surface area contributed by atoms with E-state index in [4.69, 9.17) is 5.11 Å². The summed E-state index contributed by atoms with van der Waals surface area (Å²) >= 11 is 0. The van der Waals surface area contributed by atoms with E-state index in [0.29, 0.717) is 6.54 Å². The van der Waals surface area contributed by atoms with Crippen LogP contribution in [-0.2, 0) is 4.79 Å². The van der Waals surface area contributed by atoms with Gasteiger partial charge in [0, 0.05) is 12.0 Å². The van der Waals surface area contributed by atoms with Crippen molar-refractivity contribution in [2.75, 3.05) is 6.54 Å². The number of hydrogen-bond donors (Lipinski definition) is 2. The van der Waals surface area contributed by atoms with Gasteiger partial charge in [0.05, 0.1) is 6.10 Å². The molecule has 14 heavy (non-hydrogen) atoms. The van der Waals surface area contributed by atoms with E-state index in [-0.39, 0.29) is 11.3 Å². The van der Waals surface area contributed by atoms with Crippen molar-refractivity contribution < 1.29 is 9.90 Å². The fourth-order valence-electron chi connectivity index (χ4n) is 2.01. The molecule has 1 aliphatic rings. The summed E-state index contributed by atoms with van der Waals surface area (Å²) in [6, 6.07) is 0. The van der Waals surface area contributed by atoms with E-state index in [1.807, 2.05) is 6.92 Å². The molecule has 0 heterocycles. The molecule has 0 unspecified atom stereocenters. The quantitative estimate of drug-likeness (QED) is 0.723. The lowest BCUT2D eigenvalue weighted by Gasteiger charge is -2.32. The van der Waals surface area contributed by atoms with Crippen LogP contribution >= 0.6 is 0 Å². The summed E-state index contributed by atoms with van der Waals surface area (Å²) in [5.74, 6) is 0.109. The van der Waals surface area contributed by atoms with E-state index in [2.05, 4.69) is 5.32 Å². The summed E-state index contributed by atoms with van der Waals surface area (Å²) in [4.78, 5) is 11.8. The van der Waals surface area contributed by atoms with Crippen LogP contribution in [0.4, 0.5) is 0 Å². The maximum atomic E-state index is 11.8. The number of carbonyl (C=O) groups is 1. The van der Waals surface area contributed by atoms with Crippen LogP contribution in [0.5, 0.6) is 0 Å². The molecular formula is C11H21NO2. The second-order valence-corrected chi connectivity index (χ2v) is 4.68. The molecule has 2 N–H and O–H groups in total. The Balaban J connectivity index is 2.41. The van der Waals surface area contributed by atoms with E-state index in [1.54, 1.807) is 6.92 Å². The molecule has 1 saturated carbocycles. The summed E-state index contributed by atoms with van der Waals surface area (Å²) in [5, 5.41) is 11.9. The lowest BCUT2D eigenvalue weighted by molar-refractivity contribution is -0.132. The molecule has 3 heteroatoms. The van der Waals surface area contributed by atoms with Crippen molar-refractivity contribution in [3.05, 3.63) is 0 Å². The maximum Gasteiger partial charge on any atom is 0.226 e. The van der Waals surface area contributed by atoms with E-state index < -0.39 is 6.10 Å². The summed E-state index contributed by atoms with van der Waals surface area (Å²) in [6.45, 7) is 4.08. The summed E-state index contributed by atoms with van der Waals surface area (Å²) in [5.41, 5.74) is -0.187. The minimum Gasteiger partial charge on any atom is -0.392 e. The zero-order valence-corrected chi connectivity index (χ0v) is 9.18. The third-order valence-corrected chi connectivity index (χ3v) is 3.06. The minimum atomic E-state index is -0.453. The fraction of sp³-hybridized carbons (Fsp3) is 0.909. The van der Waals surface area contributed by atoms with Gasteiger partial charge in [0.2, 0.25) is 5.91 Å². The minimum absolute atomic E-state index is 0.109. The van der Waals surface area contributed by atoms with Crippen LogP contribution in [0.25, 0.3) is 0 Å². The Morgan fingerprint density at radius 3 is 2.50 bits per heavy atom. The van der Waals surface area contributed by atoms with Crippen molar-refractivity contribution in [3.8, 4) is 0 Å². The number of hydrogen-bond acceptors (Lipinski definition) is 2. The maximum absolute atomic E-state index is 11.8. The van der Waals surface area contributed by atoms with Crippen LogP contribution in [0.15, 0.2) is 0 Å². The lowest BCUT2D eigenvalue weighted by atomic mass is 9.75. The first-order chi connectivity index (χ1) is 6.54. The molecule has 0 aromatic heterocycles. The van der Waals surface area contributed by atoms with Crippen molar-refractivity contribution in [3.63, 3.8) is 0 Å². The van der Waals surface area contributed by atoms with Crippen molar-refractivity contribution in [2.24, 2.45) is 5.41 Å². The molecule has 0 aromatic rings. The van der Waals surface area contributed by atoms with Crippen LogP contribution in [0.3, 0.4) is 0 Å². The third-order valence-electron chi connectivity index (χ3n) is 3.06.